The number of aromatic nitrogens is 4. The molecule has 3 rings (SSSR count). The first kappa shape index (κ1) is 12.4. The fraction of sp³-hybridized carbons (Fsp3) is 0.417. The molecule has 0 saturated heterocycles. The third kappa shape index (κ3) is 2.57. The molecule has 0 bridgehead atoms. The molecule has 0 amide bonds. The molecule has 2 N–H and O–H groups in total. The van der Waals surface area contributed by atoms with E-state index in [-0.39, 0.29) is 5.69 Å². The maximum absolute atomic E-state index is 11.6. The molecule has 1 atom stereocenters. The summed E-state index contributed by atoms with van der Waals surface area (Å²) >= 11 is 1.40. The quantitative estimate of drug-likeness (QED) is 0.885. The Hall–Kier alpha value is -1.60. The Bertz CT molecular complexity index is 628. The number of aromatic amines is 1. The number of nitrogens with zero attached hydrogens (tertiary/aromatic N) is 3. The van der Waals surface area contributed by atoms with Crippen molar-refractivity contribution in [3.63, 3.8) is 0 Å². The van der Waals surface area contributed by atoms with Crippen molar-refractivity contribution < 1.29 is 5.11 Å². The van der Waals surface area contributed by atoms with Crippen molar-refractivity contribution in [1.29, 1.82) is 0 Å². The van der Waals surface area contributed by atoms with E-state index in [1.165, 1.54) is 11.8 Å². The van der Waals surface area contributed by atoms with Crippen molar-refractivity contribution >= 4 is 11.8 Å². The number of nitrogens with one attached hydrogen (secondary N) is 1. The first-order valence-electron chi connectivity index (χ1n) is 6.14. The summed E-state index contributed by atoms with van der Waals surface area (Å²) in [6.07, 6.45) is 3.18. The molecule has 2 heterocycles. The molecule has 0 aromatic carbocycles. The molecule has 19 heavy (non-hydrogen) atoms. The molecule has 2 aromatic heterocycles. The topological polar surface area (TPSA) is 83.8 Å². The Morgan fingerprint density at radius 2 is 2.32 bits per heavy atom. The van der Waals surface area contributed by atoms with E-state index in [4.69, 9.17) is 0 Å². The average molecular weight is 278 g/mol. The summed E-state index contributed by atoms with van der Waals surface area (Å²) in [5.41, 5.74) is 0.476. The summed E-state index contributed by atoms with van der Waals surface area (Å²) < 4.78 is 1.70. The second kappa shape index (κ2) is 4.82. The lowest BCUT2D eigenvalue weighted by atomic mass is 10.2. The number of pyridine rings is 1. The van der Waals surface area contributed by atoms with E-state index in [1.807, 2.05) is 6.07 Å². The average Bonchev–Trinajstić information content (AvgIpc) is 3.16. The first-order valence-corrected chi connectivity index (χ1v) is 6.95. The van der Waals surface area contributed by atoms with Gasteiger partial charge in [0.05, 0.1) is 11.8 Å². The van der Waals surface area contributed by atoms with Crippen LogP contribution < -0.4 is 5.69 Å². The fourth-order valence-electron chi connectivity index (χ4n) is 1.82. The van der Waals surface area contributed by atoms with Crippen molar-refractivity contribution in [1.82, 2.24) is 19.7 Å². The molecule has 6 nitrogen and oxygen atoms in total. The van der Waals surface area contributed by atoms with Crippen LogP contribution in [0.25, 0.3) is 0 Å². The van der Waals surface area contributed by atoms with Gasteiger partial charge >= 0.3 is 5.69 Å². The molecule has 2 aromatic rings. The van der Waals surface area contributed by atoms with Gasteiger partial charge in [0.25, 0.3) is 0 Å². The van der Waals surface area contributed by atoms with Crippen LogP contribution in [0.2, 0.25) is 0 Å². The summed E-state index contributed by atoms with van der Waals surface area (Å²) in [7, 11) is 0. The first-order chi connectivity index (χ1) is 9.15. The number of aliphatic hydroxyl groups is 1. The predicted octanol–water partition coefficient (Wildman–Crippen LogP) is 1.51. The highest BCUT2D eigenvalue weighted by Crippen LogP contribution is 2.37. The van der Waals surface area contributed by atoms with Crippen LogP contribution in [0.1, 0.15) is 37.6 Å². The highest BCUT2D eigenvalue weighted by molar-refractivity contribution is 7.99. The molecule has 1 fully saturated rings. The normalized spacial score (nSPS) is 16.5. The molecule has 1 saturated carbocycles. The lowest BCUT2D eigenvalue weighted by molar-refractivity contribution is 0.194. The van der Waals surface area contributed by atoms with Crippen LogP contribution >= 0.6 is 11.8 Å². The Balaban J connectivity index is 1.83. The summed E-state index contributed by atoms with van der Waals surface area (Å²) in [4.78, 5) is 16.7. The Labute approximate surface area is 113 Å². The van der Waals surface area contributed by atoms with Gasteiger partial charge in [-0.05, 0) is 43.7 Å². The number of H-pyrrole nitrogens is 1. The standard InChI is InChI=1S/C12H14N4O2S/c1-7(17)10-5-4-9(6-13-10)19-12-15-14-11(18)16(12)8-2-3-8/h4-8,17H,2-3H2,1H3,(H,14,18). The van der Waals surface area contributed by atoms with Crippen molar-refractivity contribution in [3.05, 3.63) is 34.5 Å². The summed E-state index contributed by atoms with van der Waals surface area (Å²) in [6, 6.07) is 3.94. The van der Waals surface area contributed by atoms with Crippen LogP contribution in [0, 0.1) is 0 Å². The Morgan fingerprint density at radius 1 is 1.53 bits per heavy atom. The number of hydrogen-bond donors (Lipinski definition) is 2. The van der Waals surface area contributed by atoms with Gasteiger partial charge < -0.3 is 5.11 Å². The number of hydrogen-bond acceptors (Lipinski definition) is 5. The van der Waals surface area contributed by atoms with Gasteiger partial charge in [0.1, 0.15) is 0 Å². The molecule has 100 valence electrons. The lowest BCUT2D eigenvalue weighted by Crippen LogP contribution is -2.15. The second-order valence-corrected chi connectivity index (χ2v) is 5.65. The van der Waals surface area contributed by atoms with Gasteiger partial charge in [-0.2, -0.15) is 0 Å². The molecular weight excluding hydrogens is 264 g/mol. The Kier molecular flexibility index (Phi) is 3.16. The van der Waals surface area contributed by atoms with Gasteiger partial charge in [-0.1, -0.05) is 0 Å². The van der Waals surface area contributed by atoms with Crippen LogP contribution in [0.3, 0.4) is 0 Å². The van der Waals surface area contributed by atoms with Gasteiger partial charge in [0.15, 0.2) is 5.16 Å². The van der Waals surface area contributed by atoms with Gasteiger partial charge in [-0.25, -0.2) is 9.89 Å². The minimum Gasteiger partial charge on any atom is -0.387 e. The van der Waals surface area contributed by atoms with Gasteiger partial charge in [-0.15, -0.1) is 5.10 Å². The predicted molar refractivity (Wildman–Crippen MR) is 70.1 cm³/mol. The molecule has 0 radical (unpaired) electrons. The number of aliphatic hydroxyl groups excluding tert-OH is 1. The van der Waals surface area contributed by atoms with E-state index in [2.05, 4.69) is 15.2 Å². The largest absolute Gasteiger partial charge is 0.387 e. The zero-order valence-corrected chi connectivity index (χ0v) is 11.2. The molecule has 1 aliphatic rings. The van der Waals surface area contributed by atoms with E-state index >= 15 is 0 Å². The highest BCUT2D eigenvalue weighted by atomic mass is 32.2. The van der Waals surface area contributed by atoms with E-state index in [0.717, 1.165) is 17.7 Å². The van der Waals surface area contributed by atoms with Gasteiger partial charge in [-0.3, -0.25) is 9.55 Å². The maximum Gasteiger partial charge on any atom is 0.344 e. The highest BCUT2D eigenvalue weighted by Gasteiger charge is 2.28. The van der Waals surface area contributed by atoms with E-state index in [1.54, 1.807) is 23.8 Å². The van der Waals surface area contributed by atoms with Crippen LogP contribution in [-0.4, -0.2) is 24.9 Å². The monoisotopic (exact) mass is 278 g/mol. The van der Waals surface area contributed by atoms with Crippen LogP contribution in [0.4, 0.5) is 0 Å². The number of rotatable bonds is 4. The summed E-state index contributed by atoms with van der Waals surface area (Å²) in [5.74, 6) is 0. The van der Waals surface area contributed by atoms with Crippen molar-refractivity contribution in [3.8, 4) is 0 Å². The fourth-order valence-corrected chi connectivity index (χ4v) is 2.70. The third-order valence-electron chi connectivity index (χ3n) is 2.98. The summed E-state index contributed by atoms with van der Waals surface area (Å²) in [6.45, 7) is 1.67. The van der Waals surface area contributed by atoms with Gasteiger partial charge in [0, 0.05) is 17.1 Å². The maximum atomic E-state index is 11.6. The third-order valence-corrected chi connectivity index (χ3v) is 3.93. The molecular formula is C12H14N4O2S. The molecule has 7 heteroatoms. The van der Waals surface area contributed by atoms with Crippen LogP contribution in [0.15, 0.2) is 33.2 Å². The zero-order valence-electron chi connectivity index (χ0n) is 10.4. The van der Waals surface area contributed by atoms with Crippen molar-refractivity contribution in [2.24, 2.45) is 0 Å². The van der Waals surface area contributed by atoms with Gasteiger partial charge in [0.2, 0.25) is 0 Å². The van der Waals surface area contributed by atoms with Crippen LogP contribution in [0.5, 0.6) is 0 Å². The SMILES string of the molecule is CC(O)c1ccc(Sc2n[nH]c(=O)n2C2CC2)cn1. The Morgan fingerprint density at radius 3 is 2.89 bits per heavy atom. The van der Waals surface area contributed by atoms with E-state index < -0.39 is 6.10 Å². The minimum absolute atomic E-state index is 0.154. The summed E-state index contributed by atoms with van der Waals surface area (Å²) in [5, 5.41) is 16.6. The molecule has 0 aliphatic heterocycles. The minimum atomic E-state index is -0.575. The molecule has 1 aliphatic carbocycles. The second-order valence-electron chi connectivity index (χ2n) is 4.61. The smallest absolute Gasteiger partial charge is 0.344 e. The van der Waals surface area contributed by atoms with Crippen molar-refractivity contribution in [2.45, 2.75) is 42.0 Å². The lowest BCUT2D eigenvalue weighted by Gasteiger charge is -2.05. The van der Waals surface area contributed by atoms with E-state index in [9.17, 15) is 9.90 Å². The molecule has 1 unspecified atom stereocenters. The van der Waals surface area contributed by atoms with E-state index in [0.29, 0.717) is 16.9 Å². The zero-order chi connectivity index (χ0) is 13.4. The van der Waals surface area contributed by atoms with Crippen molar-refractivity contribution in [2.75, 3.05) is 0 Å². The van der Waals surface area contributed by atoms with Crippen LogP contribution in [-0.2, 0) is 0 Å². The molecule has 0 spiro atoms.